The van der Waals surface area contributed by atoms with Crippen LogP contribution in [0.15, 0.2) is 28.2 Å². The number of carbonyl (C=O) groups excluding carboxylic acids is 2. The van der Waals surface area contributed by atoms with E-state index in [1.165, 1.54) is 6.08 Å². The van der Waals surface area contributed by atoms with Gasteiger partial charge in [0.05, 0.1) is 12.2 Å². The van der Waals surface area contributed by atoms with Gasteiger partial charge < -0.3 is 0 Å². The van der Waals surface area contributed by atoms with Gasteiger partial charge in [-0.2, -0.15) is 4.99 Å². The molecule has 0 bridgehead atoms. The molecule has 1 aromatic rings. The molecule has 0 heterocycles. The van der Waals surface area contributed by atoms with E-state index < -0.39 is 0 Å². The molecule has 4 nitrogen and oxygen atoms in total. The van der Waals surface area contributed by atoms with Crippen molar-refractivity contribution in [2.75, 3.05) is 6.54 Å². The zero-order valence-corrected chi connectivity index (χ0v) is 9.06. The normalized spacial score (nSPS) is 9.06. The third kappa shape index (κ3) is 2.99. The first-order chi connectivity index (χ1) is 7.83. The van der Waals surface area contributed by atoms with Crippen molar-refractivity contribution in [3.8, 4) is 0 Å². The largest absolute Gasteiger partial charge is 0.240 e. The van der Waals surface area contributed by atoms with Crippen LogP contribution in [0.5, 0.6) is 0 Å². The predicted molar refractivity (Wildman–Crippen MR) is 60.3 cm³/mol. The summed E-state index contributed by atoms with van der Waals surface area (Å²) in [5.41, 5.74) is 2.70. The summed E-state index contributed by atoms with van der Waals surface area (Å²) in [6, 6.07) is 5.55. The van der Waals surface area contributed by atoms with Crippen molar-refractivity contribution in [1.82, 2.24) is 0 Å². The van der Waals surface area contributed by atoms with Gasteiger partial charge in [0, 0.05) is 0 Å². The Morgan fingerprint density at radius 1 is 1.25 bits per heavy atom. The van der Waals surface area contributed by atoms with Crippen LogP contribution in [-0.2, 0) is 22.4 Å². The zero-order valence-electron chi connectivity index (χ0n) is 9.06. The fraction of sp³-hybridized carbons (Fsp3) is 0.333. The Bertz CT molecular complexity index is 456. The summed E-state index contributed by atoms with van der Waals surface area (Å²) >= 11 is 0. The minimum absolute atomic E-state index is 0.407. The van der Waals surface area contributed by atoms with Crippen molar-refractivity contribution in [1.29, 1.82) is 0 Å². The monoisotopic (exact) mass is 216 g/mol. The molecule has 0 atom stereocenters. The molecule has 0 saturated heterocycles. The Labute approximate surface area is 93.7 Å². The molecule has 0 aliphatic heterocycles. The van der Waals surface area contributed by atoms with E-state index in [-0.39, 0.29) is 0 Å². The molecule has 0 saturated carbocycles. The van der Waals surface area contributed by atoms with Crippen LogP contribution in [-0.4, -0.2) is 18.7 Å². The Morgan fingerprint density at radius 3 is 2.69 bits per heavy atom. The molecule has 0 aliphatic carbocycles. The highest BCUT2D eigenvalue weighted by molar-refractivity contribution is 5.56. The van der Waals surface area contributed by atoms with Gasteiger partial charge in [0.2, 0.25) is 12.2 Å². The first-order valence-corrected chi connectivity index (χ1v) is 5.05. The second-order valence-corrected chi connectivity index (χ2v) is 3.19. The first-order valence-electron chi connectivity index (χ1n) is 5.05. The van der Waals surface area contributed by atoms with Crippen molar-refractivity contribution >= 4 is 17.8 Å². The van der Waals surface area contributed by atoms with Crippen LogP contribution in [0.4, 0.5) is 5.69 Å². The maximum Gasteiger partial charge on any atom is 0.240 e. The van der Waals surface area contributed by atoms with Crippen LogP contribution < -0.4 is 0 Å². The summed E-state index contributed by atoms with van der Waals surface area (Å²) in [5.74, 6) is 0. The highest BCUT2D eigenvalue weighted by Crippen LogP contribution is 2.23. The molecule has 0 unspecified atom stereocenters. The van der Waals surface area contributed by atoms with Gasteiger partial charge in [-0.15, -0.1) is 0 Å². The summed E-state index contributed by atoms with van der Waals surface area (Å²) < 4.78 is 0. The number of aliphatic imine (C=N–C) groups is 2. The van der Waals surface area contributed by atoms with Crippen LogP contribution in [0.1, 0.15) is 18.1 Å². The van der Waals surface area contributed by atoms with Crippen molar-refractivity contribution < 1.29 is 9.59 Å². The Kier molecular flexibility index (Phi) is 4.87. The molecule has 16 heavy (non-hydrogen) atoms. The summed E-state index contributed by atoms with van der Waals surface area (Å²) in [7, 11) is 0. The molecule has 0 amide bonds. The van der Waals surface area contributed by atoms with Gasteiger partial charge in [0.1, 0.15) is 0 Å². The summed E-state index contributed by atoms with van der Waals surface area (Å²) in [6.07, 6.45) is 4.48. The Hall–Kier alpha value is -2.02. The molecule has 4 heteroatoms. The predicted octanol–water partition coefficient (Wildman–Crippen LogP) is 2.09. The fourth-order valence-electron chi connectivity index (χ4n) is 1.64. The molecule has 1 aromatic carbocycles. The van der Waals surface area contributed by atoms with Gasteiger partial charge in [-0.25, -0.2) is 14.6 Å². The SMILES string of the molecule is CCc1c(CCN=C=O)cccc1N=C=O. The van der Waals surface area contributed by atoms with Crippen LogP contribution in [0.2, 0.25) is 0 Å². The van der Waals surface area contributed by atoms with E-state index in [9.17, 15) is 9.59 Å². The van der Waals surface area contributed by atoms with E-state index in [1.807, 2.05) is 19.1 Å². The molecule has 0 aliphatic rings. The lowest BCUT2D eigenvalue weighted by atomic mass is 10.0. The standard InChI is InChI=1S/C12H12N2O2/c1-2-11-10(6-7-13-8-15)4-3-5-12(11)14-9-16/h3-5H,2,6-7H2,1H3. The number of nitrogens with zero attached hydrogens (tertiary/aromatic N) is 2. The minimum Gasteiger partial charge on any atom is -0.211 e. The van der Waals surface area contributed by atoms with E-state index in [4.69, 9.17) is 0 Å². The van der Waals surface area contributed by atoms with E-state index in [0.717, 1.165) is 17.5 Å². The lowest BCUT2D eigenvalue weighted by Gasteiger charge is -2.08. The molecule has 82 valence electrons. The molecule has 1 rings (SSSR count). The second-order valence-electron chi connectivity index (χ2n) is 3.19. The van der Waals surface area contributed by atoms with E-state index in [2.05, 4.69) is 9.98 Å². The van der Waals surface area contributed by atoms with Gasteiger partial charge in [0.15, 0.2) is 0 Å². The fourth-order valence-corrected chi connectivity index (χ4v) is 1.64. The van der Waals surface area contributed by atoms with E-state index in [1.54, 1.807) is 12.1 Å². The quantitative estimate of drug-likeness (QED) is 0.559. The first kappa shape index (κ1) is 12.1. The summed E-state index contributed by atoms with van der Waals surface area (Å²) in [6.45, 7) is 2.40. The summed E-state index contributed by atoms with van der Waals surface area (Å²) in [5, 5.41) is 0. The lowest BCUT2D eigenvalue weighted by Crippen LogP contribution is -1.96. The van der Waals surface area contributed by atoms with Crippen LogP contribution in [0.25, 0.3) is 0 Å². The molecular formula is C12H12N2O2. The third-order valence-electron chi connectivity index (χ3n) is 2.33. The van der Waals surface area contributed by atoms with Crippen molar-refractivity contribution in [3.63, 3.8) is 0 Å². The molecule has 0 N–H and O–H groups in total. The number of isocyanates is 2. The van der Waals surface area contributed by atoms with E-state index in [0.29, 0.717) is 18.7 Å². The van der Waals surface area contributed by atoms with Crippen LogP contribution in [0, 0.1) is 0 Å². The van der Waals surface area contributed by atoms with Crippen LogP contribution >= 0.6 is 0 Å². The van der Waals surface area contributed by atoms with Gasteiger partial charge >= 0.3 is 0 Å². The number of rotatable bonds is 5. The van der Waals surface area contributed by atoms with Gasteiger partial charge in [-0.3, -0.25) is 0 Å². The second kappa shape index (κ2) is 6.46. The maximum absolute atomic E-state index is 10.3. The third-order valence-corrected chi connectivity index (χ3v) is 2.33. The zero-order chi connectivity index (χ0) is 11.8. The van der Waals surface area contributed by atoms with Gasteiger partial charge in [-0.1, -0.05) is 19.1 Å². The average molecular weight is 216 g/mol. The number of benzene rings is 1. The lowest BCUT2D eigenvalue weighted by molar-refractivity contribution is 0.562. The molecular weight excluding hydrogens is 204 g/mol. The van der Waals surface area contributed by atoms with E-state index >= 15 is 0 Å². The number of hydrogen-bond donors (Lipinski definition) is 0. The number of hydrogen-bond acceptors (Lipinski definition) is 4. The molecule has 0 radical (unpaired) electrons. The maximum atomic E-state index is 10.3. The van der Waals surface area contributed by atoms with Crippen LogP contribution in [0.3, 0.4) is 0 Å². The van der Waals surface area contributed by atoms with Gasteiger partial charge in [-0.05, 0) is 30.0 Å². The highest BCUT2D eigenvalue weighted by atomic mass is 16.1. The smallest absolute Gasteiger partial charge is 0.211 e. The highest BCUT2D eigenvalue weighted by Gasteiger charge is 2.05. The molecule has 0 aromatic heterocycles. The Balaban J connectivity index is 3.03. The van der Waals surface area contributed by atoms with Crippen molar-refractivity contribution in [3.05, 3.63) is 29.3 Å². The minimum atomic E-state index is 0.407. The topological polar surface area (TPSA) is 58.9 Å². The van der Waals surface area contributed by atoms with Crippen molar-refractivity contribution in [2.24, 2.45) is 9.98 Å². The average Bonchev–Trinajstić information content (AvgIpc) is 2.30. The Morgan fingerprint density at radius 2 is 2.06 bits per heavy atom. The van der Waals surface area contributed by atoms with Gasteiger partial charge in [0.25, 0.3) is 0 Å². The summed E-state index contributed by atoms with van der Waals surface area (Å²) in [4.78, 5) is 27.4. The molecule has 0 fully saturated rings. The van der Waals surface area contributed by atoms with Crippen molar-refractivity contribution in [2.45, 2.75) is 19.8 Å². The molecule has 0 spiro atoms.